The Bertz CT molecular complexity index is 645. The van der Waals surface area contributed by atoms with Crippen molar-refractivity contribution in [3.63, 3.8) is 0 Å². The summed E-state index contributed by atoms with van der Waals surface area (Å²) in [4.78, 5) is 17.7. The minimum absolute atomic E-state index is 0.0474. The molecule has 2 aromatic rings. The quantitative estimate of drug-likeness (QED) is 0.862. The molecule has 0 radical (unpaired) electrons. The molecule has 0 saturated carbocycles. The van der Waals surface area contributed by atoms with Crippen LogP contribution in [0.1, 0.15) is 18.5 Å². The zero-order valence-corrected chi connectivity index (χ0v) is 13.2. The summed E-state index contributed by atoms with van der Waals surface area (Å²) in [7, 11) is 3.94. The number of rotatable bonds is 5. The molecule has 1 aromatic carbocycles. The SMILES string of the molecule is C=CC(=O)N[C@H](C)c1ccc(-c2ccc(N(C)C)nc2)cc1. The van der Waals surface area contributed by atoms with Gasteiger partial charge in [0.2, 0.25) is 5.91 Å². The largest absolute Gasteiger partial charge is 0.363 e. The Hall–Kier alpha value is -2.62. The van der Waals surface area contributed by atoms with Crippen LogP contribution in [0.2, 0.25) is 0 Å². The topological polar surface area (TPSA) is 45.2 Å². The number of nitrogens with zero attached hydrogens (tertiary/aromatic N) is 2. The first kappa shape index (κ1) is 15.8. The molecule has 1 atom stereocenters. The molecule has 0 aliphatic carbocycles. The maximum atomic E-state index is 11.3. The highest BCUT2D eigenvalue weighted by molar-refractivity contribution is 5.87. The van der Waals surface area contributed by atoms with E-state index in [1.165, 1.54) is 6.08 Å². The summed E-state index contributed by atoms with van der Waals surface area (Å²) in [5.41, 5.74) is 3.22. The highest BCUT2D eigenvalue weighted by Crippen LogP contribution is 2.22. The molecule has 1 N–H and O–H groups in total. The number of aromatic nitrogens is 1. The van der Waals surface area contributed by atoms with Crippen molar-refractivity contribution in [2.24, 2.45) is 0 Å². The van der Waals surface area contributed by atoms with Crippen LogP contribution in [0.5, 0.6) is 0 Å². The van der Waals surface area contributed by atoms with E-state index in [0.29, 0.717) is 0 Å². The molecule has 4 heteroatoms. The fraction of sp³-hybridized carbons (Fsp3) is 0.222. The second kappa shape index (κ2) is 6.89. The van der Waals surface area contributed by atoms with Gasteiger partial charge in [-0.1, -0.05) is 30.8 Å². The van der Waals surface area contributed by atoms with Crippen LogP contribution in [0.4, 0.5) is 5.82 Å². The van der Waals surface area contributed by atoms with Gasteiger partial charge >= 0.3 is 0 Å². The second-order valence-electron chi connectivity index (χ2n) is 5.36. The number of hydrogen-bond donors (Lipinski definition) is 1. The number of amides is 1. The molecule has 0 bridgehead atoms. The van der Waals surface area contributed by atoms with Gasteiger partial charge in [0.15, 0.2) is 0 Å². The third kappa shape index (κ3) is 3.73. The number of nitrogens with one attached hydrogen (secondary N) is 1. The predicted octanol–water partition coefficient (Wildman–Crippen LogP) is 3.18. The summed E-state index contributed by atoms with van der Waals surface area (Å²) in [6.45, 7) is 5.41. The van der Waals surface area contributed by atoms with Gasteiger partial charge in [-0.2, -0.15) is 0 Å². The van der Waals surface area contributed by atoms with Crippen LogP contribution in [-0.4, -0.2) is 25.0 Å². The Morgan fingerprint density at radius 1 is 1.18 bits per heavy atom. The van der Waals surface area contributed by atoms with Crippen molar-refractivity contribution in [2.75, 3.05) is 19.0 Å². The van der Waals surface area contributed by atoms with E-state index in [9.17, 15) is 4.79 Å². The number of carbonyl (C=O) groups is 1. The number of hydrogen-bond acceptors (Lipinski definition) is 3. The van der Waals surface area contributed by atoms with E-state index >= 15 is 0 Å². The van der Waals surface area contributed by atoms with Gasteiger partial charge in [0.25, 0.3) is 0 Å². The lowest BCUT2D eigenvalue weighted by molar-refractivity contribution is -0.117. The van der Waals surface area contributed by atoms with Crippen LogP contribution in [0.15, 0.2) is 55.3 Å². The van der Waals surface area contributed by atoms with Gasteiger partial charge in [0.1, 0.15) is 5.82 Å². The smallest absolute Gasteiger partial charge is 0.243 e. The van der Waals surface area contributed by atoms with Crippen molar-refractivity contribution >= 4 is 11.7 Å². The Morgan fingerprint density at radius 3 is 2.32 bits per heavy atom. The van der Waals surface area contributed by atoms with E-state index in [4.69, 9.17) is 0 Å². The van der Waals surface area contributed by atoms with Crippen LogP contribution in [0.3, 0.4) is 0 Å². The summed E-state index contributed by atoms with van der Waals surface area (Å²) >= 11 is 0. The molecule has 1 heterocycles. The Morgan fingerprint density at radius 2 is 1.82 bits per heavy atom. The number of anilines is 1. The highest BCUT2D eigenvalue weighted by atomic mass is 16.1. The summed E-state index contributed by atoms with van der Waals surface area (Å²) in [6, 6.07) is 12.1. The molecule has 22 heavy (non-hydrogen) atoms. The molecule has 0 spiro atoms. The van der Waals surface area contributed by atoms with Crippen molar-refractivity contribution in [1.29, 1.82) is 0 Å². The third-order valence-corrected chi connectivity index (χ3v) is 3.49. The van der Waals surface area contributed by atoms with Crippen molar-refractivity contribution in [2.45, 2.75) is 13.0 Å². The summed E-state index contributed by atoms with van der Waals surface area (Å²) in [5, 5.41) is 2.85. The second-order valence-corrected chi connectivity index (χ2v) is 5.36. The third-order valence-electron chi connectivity index (χ3n) is 3.49. The molecule has 0 saturated heterocycles. The van der Waals surface area contributed by atoms with Crippen molar-refractivity contribution in [3.8, 4) is 11.1 Å². The van der Waals surface area contributed by atoms with E-state index in [2.05, 4.69) is 22.9 Å². The van der Waals surface area contributed by atoms with Gasteiger partial charge in [0, 0.05) is 25.9 Å². The van der Waals surface area contributed by atoms with Crippen molar-refractivity contribution in [3.05, 3.63) is 60.8 Å². The van der Waals surface area contributed by atoms with E-state index in [1.807, 2.05) is 62.4 Å². The van der Waals surface area contributed by atoms with Crippen molar-refractivity contribution in [1.82, 2.24) is 10.3 Å². The van der Waals surface area contributed by atoms with Gasteiger partial charge in [-0.3, -0.25) is 4.79 Å². The maximum Gasteiger partial charge on any atom is 0.243 e. The van der Waals surface area contributed by atoms with Gasteiger partial charge in [-0.15, -0.1) is 0 Å². The zero-order chi connectivity index (χ0) is 16.1. The highest BCUT2D eigenvalue weighted by Gasteiger charge is 2.07. The minimum Gasteiger partial charge on any atom is -0.363 e. The molecule has 0 aliphatic rings. The van der Waals surface area contributed by atoms with E-state index in [-0.39, 0.29) is 11.9 Å². The molecule has 114 valence electrons. The Balaban J connectivity index is 2.14. The molecule has 4 nitrogen and oxygen atoms in total. The van der Waals surface area contributed by atoms with E-state index < -0.39 is 0 Å². The summed E-state index contributed by atoms with van der Waals surface area (Å²) < 4.78 is 0. The lowest BCUT2D eigenvalue weighted by Crippen LogP contribution is -2.24. The van der Waals surface area contributed by atoms with Crippen LogP contribution < -0.4 is 10.2 Å². The Kier molecular flexibility index (Phi) is 4.94. The first-order chi connectivity index (χ1) is 10.5. The number of carbonyl (C=O) groups excluding carboxylic acids is 1. The van der Waals surface area contributed by atoms with Gasteiger partial charge in [-0.25, -0.2) is 4.98 Å². The lowest BCUT2D eigenvalue weighted by Gasteiger charge is -2.14. The fourth-order valence-electron chi connectivity index (χ4n) is 2.14. The first-order valence-corrected chi connectivity index (χ1v) is 7.18. The summed E-state index contributed by atoms with van der Waals surface area (Å²) in [6.07, 6.45) is 3.15. The minimum atomic E-state index is -0.167. The van der Waals surface area contributed by atoms with Crippen LogP contribution >= 0.6 is 0 Å². The standard InChI is InChI=1S/C18H21N3O/c1-5-18(22)20-13(2)14-6-8-15(9-7-14)16-10-11-17(19-12-16)21(3)4/h5-13H,1H2,2-4H3,(H,20,22)/t13-/m1/s1. The molecular weight excluding hydrogens is 274 g/mol. The van der Waals surface area contributed by atoms with E-state index in [0.717, 1.165) is 22.5 Å². The molecule has 0 fully saturated rings. The molecule has 0 aliphatic heterocycles. The van der Waals surface area contributed by atoms with Crippen LogP contribution in [-0.2, 0) is 4.79 Å². The Labute approximate surface area is 131 Å². The molecule has 1 amide bonds. The lowest BCUT2D eigenvalue weighted by atomic mass is 10.0. The monoisotopic (exact) mass is 295 g/mol. The average Bonchev–Trinajstić information content (AvgIpc) is 2.55. The molecule has 0 unspecified atom stereocenters. The van der Waals surface area contributed by atoms with E-state index in [1.54, 1.807) is 0 Å². The number of benzene rings is 1. The fourth-order valence-corrected chi connectivity index (χ4v) is 2.14. The molecule has 2 rings (SSSR count). The molecular formula is C18H21N3O. The van der Waals surface area contributed by atoms with Gasteiger partial charge in [-0.05, 0) is 36.3 Å². The van der Waals surface area contributed by atoms with Crippen molar-refractivity contribution < 1.29 is 4.79 Å². The normalized spacial score (nSPS) is 11.6. The predicted molar refractivity (Wildman–Crippen MR) is 90.8 cm³/mol. The maximum absolute atomic E-state index is 11.3. The first-order valence-electron chi connectivity index (χ1n) is 7.18. The number of pyridine rings is 1. The van der Waals surface area contributed by atoms with Gasteiger partial charge < -0.3 is 10.2 Å². The average molecular weight is 295 g/mol. The summed E-state index contributed by atoms with van der Waals surface area (Å²) in [5.74, 6) is 0.765. The van der Waals surface area contributed by atoms with Crippen LogP contribution in [0, 0.1) is 0 Å². The zero-order valence-electron chi connectivity index (χ0n) is 13.2. The molecule has 1 aromatic heterocycles. The van der Waals surface area contributed by atoms with Gasteiger partial charge in [0.05, 0.1) is 6.04 Å². The van der Waals surface area contributed by atoms with Crippen LogP contribution in [0.25, 0.3) is 11.1 Å².